The van der Waals surface area contributed by atoms with E-state index in [9.17, 15) is 9.59 Å². The highest BCUT2D eigenvalue weighted by molar-refractivity contribution is 9.10. The van der Waals surface area contributed by atoms with E-state index in [1.807, 2.05) is 24.3 Å². The molecule has 0 aliphatic carbocycles. The van der Waals surface area contributed by atoms with E-state index >= 15 is 0 Å². The first-order valence-electron chi connectivity index (χ1n) is 10.2. The Kier molecular flexibility index (Phi) is 5.79. The van der Waals surface area contributed by atoms with E-state index in [1.165, 1.54) is 0 Å². The number of carbonyl (C=O) groups is 2. The number of rotatable bonds is 4. The summed E-state index contributed by atoms with van der Waals surface area (Å²) in [6.07, 6.45) is 1.63. The second-order valence-electron chi connectivity index (χ2n) is 7.57. The minimum atomic E-state index is -0.644. The van der Waals surface area contributed by atoms with E-state index in [1.54, 1.807) is 50.4 Å². The first-order chi connectivity index (χ1) is 16.3. The molecule has 0 spiro atoms. The fourth-order valence-electron chi connectivity index (χ4n) is 3.70. The van der Waals surface area contributed by atoms with Crippen molar-refractivity contribution in [3.63, 3.8) is 0 Å². The van der Waals surface area contributed by atoms with Gasteiger partial charge in [0.05, 0.1) is 12.7 Å². The molecule has 0 unspecified atom stereocenters. The number of hydrogen-bond acceptors (Lipinski definition) is 6. The van der Waals surface area contributed by atoms with Gasteiger partial charge in [-0.25, -0.2) is 4.79 Å². The van der Waals surface area contributed by atoms with Crippen molar-refractivity contribution in [2.45, 2.75) is 6.92 Å². The number of furan rings is 1. The molecule has 3 aromatic carbocycles. The molecule has 0 bridgehead atoms. The highest BCUT2D eigenvalue weighted by atomic mass is 79.9. The maximum Gasteiger partial charge on any atom is 0.379 e. The predicted molar refractivity (Wildman–Crippen MR) is 134 cm³/mol. The number of carbonyl (C=O) groups excluding carboxylic acids is 2. The third kappa shape index (κ3) is 4.03. The molecular weight excluding hydrogens is 568 g/mol. The number of esters is 1. The number of halogens is 2. The van der Waals surface area contributed by atoms with Crippen molar-refractivity contribution in [1.29, 1.82) is 0 Å². The molecule has 0 atom stereocenters. The molecule has 1 aliphatic rings. The van der Waals surface area contributed by atoms with E-state index in [2.05, 4.69) is 31.9 Å². The third-order valence-electron chi connectivity index (χ3n) is 5.40. The van der Waals surface area contributed by atoms with Crippen LogP contribution in [0, 0.1) is 6.92 Å². The van der Waals surface area contributed by atoms with Gasteiger partial charge >= 0.3 is 5.97 Å². The molecule has 0 saturated carbocycles. The molecule has 0 N–H and O–H groups in total. The van der Waals surface area contributed by atoms with Crippen LogP contribution in [0.2, 0.25) is 0 Å². The number of ketones is 1. The van der Waals surface area contributed by atoms with Crippen LogP contribution in [-0.2, 0) is 0 Å². The molecule has 34 heavy (non-hydrogen) atoms. The highest BCUT2D eigenvalue weighted by Gasteiger charge is 2.31. The Morgan fingerprint density at radius 2 is 1.71 bits per heavy atom. The van der Waals surface area contributed by atoms with Crippen LogP contribution < -0.4 is 14.2 Å². The molecule has 5 rings (SSSR count). The van der Waals surface area contributed by atoms with Gasteiger partial charge in [-0.3, -0.25) is 4.79 Å². The zero-order valence-corrected chi connectivity index (χ0v) is 21.2. The second kappa shape index (κ2) is 8.77. The largest absolute Gasteiger partial charge is 0.496 e. The normalized spacial score (nSPS) is 13.8. The number of fused-ring (bicyclic) bond motifs is 2. The SMILES string of the molecule is COc1ccc(Br)cc1/C=C1\Oc2c(ccc(OC(=O)c3cc4cc(Br)ccc4o3)c2C)C1=O. The molecule has 0 fully saturated rings. The third-order valence-corrected chi connectivity index (χ3v) is 6.38. The van der Waals surface area contributed by atoms with Crippen molar-refractivity contribution in [1.82, 2.24) is 0 Å². The topological polar surface area (TPSA) is 75.0 Å². The van der Waals surface area contributed by atoms with Crippen LogP contribution >= 0.6 is 31.9 Å². The van der Waals surface area contributed by atoms with Crippen molar-refractivity contribution < 1.29 is 28.2 Å². The van der Waals surface area contributed by atoms with Gasteiger partial charge in [0.15, 0.2) is 5.76 Å². The molecule has 0 radical (unpaired) electrons. The zero-order chi connectivity index (χ0) is 24.0. The Morgan fingerprint density at radius 1 is 0.971 bits per heavy atom. The smallest absolute Gasteiger partial charge is 0.379 e. The maximum atomic E-state index is 12.9. The molecule has 6 nitrogen and oxygen atoms in total. The molecule has 1 aliphatic heterocycles. The van der Waals surface area contributed by atoms with Crippen LogP contribution in [0.1, 0.15) is 32.0 Å². The summed E-state index contributed by atoms with van der Waals surface area (Å²) in [7, 11) is 1.56. The van der Waals surface area contributed by atoms with Gasteiger partial charge in [0.2, 0.25) is 11.5 Å². The molecule has 8 heteroatoms. The van der Waals surface area contributed by atoms with Crippen molar-refractivity contribution in [3.05, 3.63) is 91.8 Å². The predicted octanol–water partition coefficient (Wildman–Crippen LogP) is 7.11. The molecular formula is C26H16Br2O6. The number of hydrogen-bond donors (Lipinski definition) is 0. The van der Waals surface area contributed by atoms with E-state index in [0.717, 1.165) is 14.3 Å². The summed E-state index contributed by atoms with van der Waals surface area (Å²) in [5.74, 6) is 0.555. The first-order valence-corrected chi connectivity index (χ1v) is 11.8. The summed E-state index contributed by atoms with van der Waals surface area (Å²) < 4.78 is 24.2. The van der Waals surface area contributed by atoms with Gasteiger partial charge in [-0.15, -0.1) is 0 Å². The quantitative estimate of drug-likeness (QED) is 0.145. The van der Waals surface area contributed by atoms with Crippen LogP contribution in [0.4, 0.5) is 0 Å². The number of benzene rings is 3. The van der Waals surface area contributed by atoms with Crippen LogP contribution in [0.15, 0.2) is 73.7 Å². The van der Waals surface area contributed by atoms with Gasteiger partial charge in [0, 0.05) is 25.5 Å². The van der Waals surface area contributed by atoms with Crippen LogP contribution in [0.25, 0.3) is 17.0 Å². The van der Waals surface area contributed by atoms with Crippen LogP contribution in [-0.4, -0.2) is 18.9 Å². The lowest BCUT2D eigenvalue weighted by atomic mass is 10.1. The molecule has 170 valence electrons. The maximum absolute atomic E-state index is 12.9. The zero-order valence-electron chi connectivity index (χ0n) is 18.0. The second-order valence-corrected chi connectivity index (χ2v) is 9.41. The fourth-order valence-corrected chi connectivity index (χ4v) is 4.46. The average molecular weight is 584 g/mol. The lowest BCUT2D eigenvalue weighted by Gasteiger charge is -2.09. The monoisotopic (exact) mass is 582 g/mol. The molecule has 2 heterocycles. The van der Waals surface area contributed by atoms with Gasteiger partial charge in [0.1, 0.15) is 22.8 Å². The molecule has 0 saturated heterocycles. The summed E-state index contributed by atoms with van der Waals surface area (Å²) in [5.41, 5.74) is 2.19. The Balaban J connectivity index is 1.43. The number of allylic oxidation sites excluding steroid dienone is 1. The van der Waals surface area contributed by atoms with Gasteiger partial charge in [-0.05, 0) is 67.6 Å². The Labute approximate surface area is 211 Å². The fraction of sp³-hybridized carbons (Fsp3) is 0.0769. The van der Waals surface area contributed by atoms with Gasteiger partial charge in [0.25, 0.3) is 0 Å². The lowest BCUT2D eigenvalue weighted by molar-refractivity contribution is 0.0702. The van der Waals surface area contributed by atoms with Crippen LogP contribution in [0.5, 0.6) is 17.2 Å². The number of Topliss-reactive ketones (excluding diaryl/α,β-unsaturated/α-hetero) is 1. The molecule has 4 aromatic rings. The minimum Gasteiger partial charge on any atom is -0.496 e. The van der Waals surface area contributed by atoms with Crippen molar-refractivity contribution in [2.75, 3.05) is 7.11 Å². The van der Waals surface area contributed by atoms with Crippen molar-refractivity contribution in [2.24, 2.45) is 0 Å². The van der Waals surface area contributed by atoms with Crippen molar-refractivity contribution in [3.8, 4) is 17.2 Å². The standard InChI is InChI=1S/C26H16Br2O6/c1-13-19(34-26(30)23-12-15-10-17(28)4-7-21(15)32-23)8-5-18-24(29)22(33-25(13)18)11-14-9-16(27)3-6-20(14)31-2/h3-12H,1-2H3/b22-11-. The van der Waals surface area contributed by atoms with E-state index in [4.69, 9.17) is 18.6 Å². The summed E-state index contributed by atoms with van der Waals surface area (Å²) >= 11 is 6.83. The summed E-state index contributed by atoms with van der Waals surface area (Å²) in [5, 5.41) is 0.777. The van der Waals surface area contributed by atoms with Gasteiger partial charge in [-0.1, -0.05) is 31.9 Å². The Bertz CT molecular complexity index is 1520. The Hall–Kier alpha value is -3.36. The van der Waals surface area contributed by atoms with Crippen molar-refractivity contribution >= 4 is 60.7 Å². The van der Waals surface area contributed by atoms with E-state index < -0.39 is 5.97 Å². The average Bonchev–Trinajstić information content (AvgIpc) is 3.37. The summed E-state index contributed by atoms with van der Waals surface area (Å²) in [6.45, 7) is 1.73. The number of methoxy groups -OCH3 is 1. The van der Waals surface area contributed by atoms with Gasteiger partial charge in [-0.2, -0.15) is 0 Å². The van der Waals surface area contributed by atoms with Gasteiger partial charge < -0.3 is 18.6 Å². The lowest BCUT2D eigenvalue weighted by Crippen LogP contribution is -2.08. The summed E-state index contributed by atoms with van der Waals surface area (Å²) in [4.78, 5) is 25.7. The molecule has 1 aromatic heterocycles. The van der Waals surface area contributed by atoms with E-state index in [0.29, 0.717) is 33.8 Å². The first kappa shape index (κ1) is 22.4. The highest BCUT2D eigenvalue weighted by Crippen LogP contribution is 2.40. The minimum absolute atomic E-state index is 0.0762. The Morgan fingerprint density at radius 3 is 2.50 bits per heavy atom. The number of ether oxygens (including phenoxy) is 3. The van der Waals surface area contributed by atoms with Crippen LogP contribution in [0.3, 0.4) is 0 Å². The van der Waals surface area contributed by atoms with E-state index in [-0.39, 0.29) is 23.1 Å². The summed E-state index contributed by atoms with van der Waals surface area (Å²) in [6, 6.07) is 15.7. The molecule has 0 amide bonds.